The van der Waals surface area contributed by atoms with Crippen molar-refractivity contribution < 1.29 is 4.74 Å². The van der Waals surface area contributed by atoms with E-state index in [0.29, 0.717) is 5.92 Å². The molecule has 0 amide bonds. The number of ether oxygens (including phenoxy) is 1. The Kier molecular flexibility index (Phi) is 5.51. The number of nitrogens with zero attached hydrogens (tertiary/aromatic N) is 1. The molecule has 0 fully saturated rings. The number of para-hydroxylation sites is 2. The van der Waals surface area contributed by atoms with Crippen LogP contribution in [0.15, 0.2) is 53.7 Å². The monoisotopic (exact) mass is 376 g/mol. The lowest BCUT2D eigenvalue weighted by Crippen LogP contribution is -2.40. The molecule has 1 aromatic heterocycles. The number of H-pyrrole nitrogens is 1. The average molecular weight is 377 g/mol. The normalized spacial score (nSPS) is 16.5. The van der Waals surface area contributed by atoms with Crippen LogP contribution in [0.1, 0.15) is 29.0 Å². The minimum atomic E-state index is 0.445. The van der Waals surface area contributed by atoms with E-state index in [0.717, 1.165) is 44.2 Å². The maximum atomic E-state index is 5.76. The average Bonchev–Trinajstić information content (AvgIpc) is 3.15. The molecular weight excluding hydrogens is 348 g/mol. The van der Waals surface area contributed by atoms with Crippen molar-refractivity contribution >= 4 is 16.9 Å². The highest BCUT2D eigenvalue weighted by Gasteiger charge is 2.21. The molecule has 0 saturated heterocycles. The topological polar surface area (TPSA) is 61.4 Å². The molecule has 1 aliphatic heterocycles. The second-order valence-electron chi connectivity index (χ2n) is 7.31. The zero-order valence-corrected chi connectivity index (χ0v) is 16.6. The zero-order chi connectivity index (χ0) is 19.3. The SMILES string of the molecule is CN=C(NCCc1c[nH]c2c(C)cccc12)NCC1CCOc2ccccc21. The van der Waals surface area contributed by atoms with Gasteiger partial charge in [-0.2, -0.15) is 0 Å². The number of benzene rings is 2. The Bertz CT molecular complexity index is 976. The van der Waals surface area contributed by atoms with Crippen LogP contribution in [0.2, 0.25) is 0 Å². The van der Waals surface area contributed by atoms with Gasteiger partial charge in [0.25, 0.3) is 0 Å². The Morgan fingerprint density at radius 3 is 2.96 bits per heavy atom. The van der Waals surface area contributed by atoms with E-state index < -0.39 is 0 Å². The predicted octanol–water partition coefficient (Wildman–Crippen LogP) is 3.75. The van der Waals surface area contributed by atoms with E-state index in [1.807, 2.05) is 13.1 Å². The fourth-order valence-corrected chi connectivity index (χ4v) is 3.95. The Morgan fingerprint density at radius 2 is 2.07 bits per heavy atom. The van der Waals surface area contributed by atoms with Gasteiger partial charge < -0.3 is 20.4 Å². The molecule has 2 heterocycles. The summed E-state index contributed by atoms with van der Waals surface area (Å²) in [6.07, 6.45) is 4.09. The Morgan fingerprint density at radius 1 is 1.18 bits per heavy atom. The van der Waals surface area contributed by atoms with Crippen molar-refractivity contribution in [1.29, 1.82) is 0 Å². The van der Waals surface area contributed by atoms with Crippen molar-refractivity contribution in [2.45, 2.75) is 25.7 Å². The van der Waals surface area contributed by atoms with Gasteiger partial charge >= 0.3 is 0 Å². The third kappa shape index (κ3) is 3.84. The number of aliphatic imine (C=N–C) groups is 1. The first-order chi connectivity index (χ1) is 13.8. The molecule has 1 atom stereocenters. The minimum Gasteiger partial charge on any atom is -0.493 e. The van der Waals surface area contributed by atoms with Crippen molar-refractivity contribution in [1.82, 2.24) is 15.6 Å². The largest absolute Gasteiger partial charge is 0.493 e. The van der Waals surface area contributed by atoms with Crippen LogP contribution < -0.4 is 15.4 Å². The molecule has 1 unspecified atom stereocenters. The summed E-state index contributed by atoms with van der Waals surface area (Å²) in [5, 5.41) is 8.24. The lowest BCUT2D eigenvalue weighted by molar-refractivity contribution is 0.267. The van der Waals surface area contributed by atoms with Crippen LogP contribution in [0.5, 0.6) is 5.75 Å². The number of hydrogen-bond acceptors (Lipinski definition) is 2. The molecule has 0 saturated carbocycles. The van der Waals surface area contributed by atoms with E-state index >= 15 is 0 Å². The second-order valence-corrected chi connectivity index (χ2v) is 7.31. The molecule has 28 heavy (non-hydrogen) atoms. The molecule has 0 aliphatic carbocycles. The summed E-state index contributed by atoms with van der Waals surface area (Å²) in [5.41, 5.74) is 5.13. The minimum absolute atomic E-state index is 0.445. The summed E-state index contributed by atoms with van der Waals surface area (Å²) in [4.78, 5) is 7.78. The van der Waals surface area contributed by atoms with Gasteiger partial charge in [-0.05, 0) is 42.5 Å². The van der Waals surface area contributed by atoms with E-state index in [2.05, 4.69) is 70.1 Å². The number of guanidine groups is 1. The fraction of sp³-hybridized carbons (Fsp3) is 0.348. The molecule has 5 heteroatoms. The van der Waals surface area contributed by atoms with Crippen LogP contribution >= 0.6 is 0 Å². The molecule has 1 aliphatic rings. The third-order valence-corrected chi connectivity index (χ3v) is 5.52. The zero-order valence-electron chi connectivity index (χ0n) is 16.6. The smallest absolute Gasteiger partial charge is 0.191 e. The molecule has 5 nitrogen and oxygen atoms in total. The van der Waals surface area contributed by atoms with Crippen LogP contribution in [-0.2, 0) is 6.42 Å². The second kappa shape index (κ2) is 8.38. The number of aromatic amines is 1. The van der Waals surface area contributed by atoms with Crippen LogP contribution in [-0.4, -0.2) is 37.7 Å². The van der Waals surface area contributed by atoms with Crippen molar-refractivity contribution in [3.63, 3.8) is 0 Å². The number of nitrogens with one attached hydrogen (secondary N) is 3. The first kappa shape index (κ1) is 18.4. The molecule has 2 aromatic carbocycles. The van der Waals surface area contributed by atoms with Crippen molar-refractivity contribution in [3.05, 3.63) is 65.4 Å². The van der Waals surface area contributed by atoms with Gasteiger partial charge in [0.1, 0.15) is 5.75 Å². The summed E-state index contributed by atoms with van der Waals surface area (Å²) < 4.78 is 5.76. The van der Waals surface area contributed by atoms with Crippen molar-refractivity contribution in [2.75, 3.05) is 26.7 Å². The van der Waals surface area contributed by atoms with Gasteiger partial charge in [0.2, 0.25) is 0 Å². The van der Waals surface area contributed by atoms with E-state index in [1.165, 1.54) is 27.6 Å². The lowest BCUT2D eigenvalue weighted by Gasteiger charge is -2.26. The summed E-state index contributed by atoms with van der Waals surface area (Å²) in [5.74, 6) is 2.30. The van der Waals surface area contributed by atoms with Gasteiger partial charge in [0.15, 0.2) is 5.96 Å². The van der Waals surface area contributed by atoms with Crippen LogP contribution in [0.3, 0.4) is 0 Å². The Balaban J connectivity index is 1.31. The molecule has 146 valence electrons. The molecule has 4 rings (SSSR count). The lowest BCUT2D eigenvalue weighted by atomic mass is 9.93. The van der Waals surface area contributed by atoms with Crippen molar-refractivity contribution in [3.8, 4) is 5.75 Å². The Labute approximate surface area is 166 Å². The Hall–Kier alpha value is -2.95. The molecule has 3 N–H and O–H groups in total. The molecule has 0 spiro atoms. The fourth-order valence-electron chi connectivity index (χ4n) is 3.95. The highest BCUT2D eigenvalue weighted by molar-refractivity contribution is 5.86. The number of aromatic nitrogens is 1. The van der Waals surface area contributed by atoms with Gasteiger partial charge in [-0.3, -0.25) is 4.99 Å². The first-order valence-corrected chi connectivity index (χ1v) is 9.98. The quantitative estimate of drug-likeness (QED) is 0.469. The standard InChI is InChI=1S/C23H28N4O/c1-16-6-5-8-20-17(14-26-22(16)20)10-12-25-23(24-2)27-15-18-11-13-28-21-9-4-3-7-19(18)21/h3-9,14,18,26H,10-13,15H2,1-2H3,(H2,24,25,27). The van der Waals surface area contributed by atoms with E-state index in [4.69, 9.17) is 4.74 Å². The van der Waals surface area contributed by atoms with Gasteiger partial charge in [0.05, 0.1) is 6.61 Å². The molecule has 0 bridgehead atoms. The number of fused-ring (bicyclic) bond motifs is 2. The van der Waals surface area contributed by atoms with E-state index in [9.17, 15) is 0 Å². The molecule has 3 aromatic rings. The van der Waals surface area contributed by atoms with Crippen LogP contribution in [0, 0.1) is 6.92 Å². The number of hydrogen-bond donors (Lipinski definition) is 3. The van der Waals surface area contributed by atoms with Gasteiger partial charge in [-0.1, -0.05) is 36.4 Å². The van der Waals surface area contributed by atoms with Crippen molar-refractivity contribution in [2.24, 2.45) is 4.99 Å². The van der Waals surface area contributed by atoms with E-state index in [-0.39, 0.29) is 0 Å². The van der Waals surface area contributed by atoms with Crippen LogP contribution in [0.25, 0.3) is 10.9 Å². The summed E-state index contributed by atoms with van der Waals surface area (Å²) >= 11 is 0. The third-order valence-electron chi connectivity index (χ3n) is 5.52. The van der Waals surface area contributed by atoms with Gasteiger partial charge in [-0.25, -0.2) is 0 Å². The summed E-state index contributed by atoms with van der Waals surface area (Å²) in [7, 11) is 1.82. The van der Waals surface area contributed by atoms with Gasteiger partial charge in [-0.15, -0.1) is 0 Å². The molecule has 0 radical (unpaired) electrons. The molecular formula is C23H28N4O. The summed E-state index contributed by atoms with van der Waals surface area (Å²) in [6, 6.07) is 14.8. The first-order valence-electron chi connectivity index (χ1n) is 9.98. The van der Waals surface area contributed by atoms with Crippen LogP contribution in [0.4, 0.5) is 0 Å². The predicted molar refractivity (Wildman–Crippen MR) is 115 cm³/mol. The van der Waals surface area contributed by atoms with E-state index in [1.54, 1.807) is 0 Å². The number of rotatable bonds is 5. The highest BCUT2D eigenvalue weighted by atomic mass is 16.5. The van der Waals surface area contributed by atoms with Gasteiger partial charge in [0, 0.05) is 43.2 Å². The highest BCUT2D eigenvalue weighted by Crippen LogP contribution is 2.32. The summed E-state index contributed by atoms with van der Waals surface area (Å²) in [6.45, 7) is 4.60. The maximum absolute atomic E-state index is 5.76. The number of aryl methyl sites for hydroxylation is 1. The maximum Gasteiger partial charge on any atom is 0.191 e.